The molecular weight excluding hydrogens is 430 g/mol. The first kappa shape index (κ1) is 24.0. The topological polar surface area (TPSA) is 87.5 Å². The molecule has 8 heteroatoms. The molecule has 0 radical (unpaired) electrons. The van der Waals surface area contributed by atoms with Gasteiger partial charge in [-0.2, -0.15) is 0 Å². The largest absolute Gasteiger partial charge is 0.364 e. The highest BCUT2D eigenvalue weighted by atomic mass is 16.2. The fraction of sp³-hybridized carbons (Fsp3) is 0.538. The first-order chi connectivity index (χ1) is 16.3. The van der Waals surface area contributed by atoms with Gasteiger partial charge in [-0.3, -0.25) is 23.9 Å². The molecule has 1 fully saturated rings. The maximum absolute atomic E-state index is 14.0. The molecule has 0 spiro atoms. The Bertz CT molecular complexity index is 1170. The van der Waals surface area contributed by atoms with Crippen molar-refractivity contribution in [3.05, 3.63) is 51.1 Å². The van der Waals surface area contributed by atoms with Gasteiger partial charge in [-0.1, -0.05) is 13.0 Å². The van der Waals surface area contributed by atoms with E-state index in [0.717, 1.165) is 30.5 Å². The Labute approximate surface area is 201 Å². The summed E-state index contributed by atoms with van der Waals surface area (Å²) < 4.78 is 1.70. The minimum absolute atomic E-state index is 0.0560. The number of nitrogens with one attached hydrogen (secondary N) is 1. The zero-order valence-corrected chi connectivity index (χ0v) is 20.9. The molecule has 2 atom stereocenters. The average Bonchev–Trinajstić information content (AvgIpc) is 3.24. The molecule has 3 heterocycles. The van der Waals surface area contributed by atoms with Crippen LogP contribution in [0.2, 0.25) is 0 Å². The Morgan fingerprint density at radius 3 is 2.68 bits per heavy atom. The van der Waals surface area contributed by atoms with Crippen LogP contribution in [0, 0.1) is 6.92 Å². The van der Waals surface area contributed by atoms with Crippen LogP contribution in [-0.4, -0.2) is 46.9 Å². The summed E-state index contributed by atoms with van der Waals surface area (Å²) in [7, 11) is 3.43. The molecule has 1 aliphatic heterocycles. The van der Waals surface area contributed by atoms with E-state index in [0.29, 0.717) is 48.4 Å². The fourth-order valence-corrected chi connectivity index (χ4v) is 5.15. The molecule has 182 valence electrons. The van der Waals surface area contributed by atoms with Gasteiger partial charge < -0.3 is 15.1 Å². The van der Waals surface area contributed by atoms with Crippen LogP contribution in [0.5, 0.6) is 0 Å². The highest BCUT2D eigenvalue weighted by Gasteiger charge is 2.34. The minimum Gasteiger partial charge on any atom is -0.364 e. The zero-order chi connectivity index (χ0) is 24.6. The van der Waals surface area contributed by atoms with Gasteiger partial charge in [0.1, 0.15) is 11.5 Å². The quantitative estimate of drug-likeness (QED) is 0.700. The molecule has 1 N–H and O–H groups in total. The second kappa shape index (κ2) is 9.60. The second-order valence-corrected chi connectivity index (χ2v) is 9.61. The Hall–Kier alpha value is -3.16. The lowest BCUT2D eigenvalue weighted by molar-refractivity contribution is -0.117. The third kappa shape index (κ3) is 4.10. The Kier molecular flexibility index (Phi) is 6.77. The number of hydrogen-bond acceptors (Lipinski definition) is 5. The molecule has 8 nitrogen and oxygen atoms in total. The van der Waals surface area contributed by atoms with E-state index in [9.17, 15) is 14.4 Å². The first-order valence-corrected chi connectivity index (χ1v) is 12.3. The van der Waals surface area contributed by atoms with Crippen LogP contribution in [-0.2, 0) is 11.2 Å². The molecule has 2 amide bonds. The molecule has 34 heavy (non-hydrogen) atoms. The SMILES string of the molecule is CCC(C)n1c(NC2CCCc3ncccc32)c(C(=O)N(C)C)c(C)c(N2CCCC2=O)c1=O. The van der Waals surface area contributed by atoms with Crippen molar-refractivity contribution in [2.75, 3.05) is 30.9 Å². The molecule has 1 aliphatic carbocycles. The van der Waals surface area contributed by atoms with E-state index in [-0.39, 0.29) is 29.5 Å². The molecule has 0 bridgehead atoms. The number of carbonyl (C=O) groups is 2. The van der Waals surface area contributed by atoms with Gasteiger partial charge in [0.05, 0.1) is 11.6 Å². The number of hydrogen-bond donors (Lipinski definition) is 1. The first-order valence-electron chi connectivity index (χ1n) is 12.3. The predicted octanol–water partition coefficient (Wildman–Crippen LogP) is 3.84. The zero-order valence-electron chi connectivity index (χ0n) is 20.9. The van der Waals surface area contributed by atoms with Crippen molar-refractivity contribution in [1.29, 1.82) is 0 Å². The van der Waals surface area contributed by atoms with E-state index < -0.39 is 0 Å². The van der Waals surface area contributed by atoms with Gasteiger partial charge in [0, 0.05) is 45.0 Å². The summed E-state index contributed by atoms with van der Waals surface area (Å²) in [5.74, 6) is 0.284. The van der Waals surface area contributed by atoms with Gasteiger partial charge in [-0.15, -0.1) is 0 Å². The summed E-state index contributed by atoms with van der Waals surface area (Å²) in [5.41, 5.74) is 3.29. The van der Waals surface area contributed by atoms with Gasteiger partial charge in [-0.05, 0) is 63.1 Å². The molecular formula is C26H35N5O3. The third-order valence-electron chi connectivity index (χ3n) is 7.14. The molecule has 1 saturated heterocycles. The van der Waals surface area contributed by atoms with E-state index in [1.807, 2.05) is 26.1 Å². The lowest BCUT2D eigenvalue weighted by atomic mass is 9.91. The summed E-state index contributed by atoms with van der Waals surface area (Å²) in [4.78, 5) is 47.8. The summed E-state index contributed by atoms with van der Waals surface area (Å²) in [6.45, 7) is 6.30. The van der Waals surface area contributed by atoms with Crippen molar-refractivity contribution in [2.45, 2.75) is 71.4 Å². The minimum atomic E-state index is -0.220. The van der Waals surface area contributed by atoms with Crippen LogP contribution < -0.4 is 15.8 Å². The predicted molar refractivity (Wildman–Crippen MR) is 134 cm³/mol. The van der Waals surface area contributed by atoms with E-state index in [1.165, 1.54) is 4.90 Å². The van der Waals surface area contributed by atoms with Crippen molar-refractivity contribution < 1.29 is 9.59 Å². The van der Waals surface area contributed by atoms with Gasteiger partial charge in [0.25, 0.3) is 11.5 Å². The molecule has 0 aromatic carbocycles. The van der Waals surface area contributed by atoms with Crippen LogP contribution in [0.4, 0.5) is 11.5 Å². The summed E-state index contributed by atoms with van der Waals surface area (Å²) in [6, 6.07) is 3.79. The van der Waals surface area contributed by atoms with E-state index >= 15 is 0 Å². The van der Waals surface area contributed by atoms with Gasteiger partial charge >= 0.3 is 0 Å². The highest BCUT2D eigenvalue weighted by molar-refractivity contribution is 6.04. The molecule has 2 unspecified atom stereocenters. The maximum atomic E-state index is 14.0. The average molecular weight is 466 g/mol. The Morgan fingerprint density at radius 2 is 2.03 bits per heavy atom. The Morgan fingerprint density at radius 1 is 1.26 bits per heavy atom. The number of aromatic nitrogens is 2. The highest BCUT2D eigenvalue weighted by Crippen LogP contribution is 2.36. The maximum Gasteiger partial charge on any atom is 0.276 e. The van der Waals surface area contributed by atoms with E-state index in [4.69, 9.17) is 0 Å². The lowest BCUT2D eigenvalue weighted by Gasteiger charge is -2.32. The van der Waals surface area contributed by atoms with Crippen molar-refractivity contribution in [3.63, 3.8) is 0 Å². The van der Waals surface area contributed by atoms with E-state index in [1.54, 1.807) is 30.5 Å². The number of fused-ring (bicyclic) bond motifs is 1. The number of carbonyl (C=O) groups excluding carboxylic acids is 2. The number of amides is 2. The molecule has 2 aromatic heterocycles. The number of aryl methyl sites for hydroxylation is 1. The Balaban J connectivity index is 1.97. The standard InChI is InChI=1S/C26H35N5O3/c1-6-16(2)31-24(28-20-12-7-11-19-18(20)10-8-14-27-19)22(25(33)29(4)5)17(3)23(26(31)34)30-15-9-13-21(30)32/h8,10,14,16,20,28H,6-7,9,11-13,15H2,1-5H3. The number of pyridine rings is 2. The smallest absolute Gasteiger partial charge is 0.276 e. The number of anilines is 2. The van der Waals surface area contributed by atoms with Gasteiger partial charge in [-0.25, -0.2) is 0 Å². The van der Waals surface area contributed by atoms with Crippen LogP contribution in [0.25, 0.3) is 0 Å². The van der Waals surface area contributed by atoms with Crippen LogP contribution in [0.15, 0.2) is 23.1 Å². The fourth-order valence-electron chi connectivity index (χ4n) is 5.15. The van der Waals surface area contributed by atoms with Crippen LogP contribution in [0.3, 0.4) is 0 Å². The van der Waals surface area contributed by atoms with Gasteiger partial charge in [0.15, 0.2) is 0 Å². The summed E-state index contributed by atoms with van der Waals surface area (Å²) >= 11 is 0. The van der Waals surface area contributed by atoms with E-state index in [2.05, 4.69) is 16.4 Å². The summed E-state index contributed by atoms with van der Waals surface area (Å²) in [6.07, 6.45) is 6.44. The van der Waals surface area contributed by atoms with Crippen LogP contribution >= 0.6 is 0 Å². The molecule has 2 aliphatic rings. The van der Waals surface area contributed by atoms with Crippen molar-refractivity contribution in [2.24, 2.45) is 0 Å². The number of rotatable bonds is 6. The molecule has 0 saturated carbocycles. The van der Waals surface area contributed by atoms with Crippen LogP contribution in [0.1, 0.15) is 85.2 Å². The molecule has 2 aromatic rings. The third-order valence-corrected chi connectivity index (χ3v) is 7.14. The number of nitrogens with zero attached hydrogens (tertiary/aromatic N) is 4. The van der Waals surface area contributed by atoms with Crippen molar-refractivity contribution in [1.82, 2.24) is 14.5 Å². The summed E-state index contributed by atoms with van der Waals surface area (Å²) in [5, 5.41) is 3.61. The monoisotopic (exact) mass is 465 g/mol. The molecule has 4 rings (SSSR count). The van der Waals surface area contributed by atoms with Crippen molar-refractivity contribution >= 4 is 23.3 Å². The van der Waals surface area contributed by atoms with Crippen molar-refractivity contribution in [3.8, 4) is 0 Å². The second-order valence-electron chi connectivity index (χ2n) is 9.61. The lowest BCUT2D eigenvalue weighted by Crippen LogP contribution is -2.39. The van der Waals surface area contributed by atoms with Gasteiger partial charge in [0.2, 0.25) is 5.91 Å². The normalized spacial score (nSPS) is 18.6.